The maximum atomic E-state index is 13.8. The lowest BCUT2D eigenvalue weighted by molar-refractivity contribution is 0.0642. The third-order valence-corrected chi connectivity index (χ3v) is 9.35. The Bertz CT molecular complexity index is 1770. The van der Waals surface area contributed by atoms with Crippen LogP contribution in [-0.4, -0.2) is 38.1 Å². The summed E-state index contributed by atoms with van der Waals surface area (Å²) in [6.07, 6.45) is 8.44. The molecule has 1 N–H and O–H groups in total. The van der Waals surface area contributed by atoms with E-state index < -0.39 is 28.9 Å². The number of aromatic nitrogens is 2. The average Bonchev–Trinajstić information content (AvgIpc) is 3.27. The maximum Gasteiger partial charge on any atom is 0.334 e. The number of imide groups is 1. The molecule has 6 rings (SSSR count). The van der Waals surface area contributed by atoms with Crippen molar-refractivity contribution < 1.29 is 19.4 Å². The van der Waals surface area contributed by atoms with Crippen molar-refractivity contribution in [2.45, 2.75) is 82.8 Å². The molecule has 2 aromatic carbocycles. The van der Waals surface area contributed by atoms with E-state index in [1.165, 1.54) is 28.4 Å². The number of carbonyl (C=O) groups excluding carboxylic acids is 2. The topological polar surface area (TPSA) is 136 Å². The summed E-state index contributed by atoms with van der Waals surface area (Å²) in [5, 5.41) is 20.3. The summed E-state index contributed by atoms with van der Waals surface area (Å²) in [5.41, 5.74) is -1.03. The fraction of sp³-hybridized carbons (Fsp3) is 0.438. The van der Waals surface area contributed by atoms with Crippen LogP contribution in [0.5, 0.6) is 11.6 Å². The Hall–Kier alpha value is -4.25. The van der Waals surface area contributed by atoms with Crippen molar-refractivity contribution in [3.63, 3.8) is 0 Å². The summed E-state index contributed by atoms with van der Waals surface area (Å²) in [6.45, 7) is -0.0514. The van der Waals surface area contributed by atoms with E-state index in [4.69, 9.17) is 16.3 Å². The molecule has 2 aliphatic carbocycles. The first-order valence-corrected chi connectivity index (χ1v) is 15.5. The van der Waals surface area contributed by atoms with Gasteiger partial charge in [0.05, 0.1) is 24.8 Å². The van der Waals surface area contributed by atoms with Crippen LogP contribution in [-0.2, 0) is 6.54 Å². The number of halogens is 1. The second kappa shape index (κ2) is 12.4. The van der Waals surface area contributed by atoms with Crippen molar-refractivity contribution in [3.8, 4) is 11.6 Å². The molecule has 0 atom stereocenters. The van der Waals surface area contributed by atoms with Gasteiger partial charge in [-0.2, -0.15) is 0 Å². The standard InChI is InChI=1S/C32H34ClN5O6/c1-44-24-17-16-22-25(29(40)36(28(22)39)18-19-10-8-9-15-23(19)33)26(24)34-35-27-30(41)37(20-11-4-2-5-12-20)32(43)38(31(27)42)21-13-6-3-7-14-21/h8-10,15-17,20-21,41H,2-7,11-14,18H2,1H3. The molecule has 3 aromatic rings. The number of aromatic hydroxyl groups is 1. The largest absolute Gasteiger partial charge is 0.494 e. The monoisotopic (exact) mass is 619 g/mol. The fourth-order valence-electron chi connectivity index (χ4n) is 6.68. The Balaban J connectivity index is 1.46. The first-order chi connectivity index (χ1) is 21.3. The first-order valence-electron chi connectivity index (χ1n) is 15.1. The highest BCUT2D eigenvalue weighted by atomic mass is 35.5. The van der Waals surface area contributed by atoms with Gasteiger partial charge in [0, 0.05) is 17.1 Å². The van der Waals surface area contributed by atoms with Gasteiger partial charge in [-0.15, -0.1) is 10.2 Å². The van der Waals surface area contributed by atoms with Gasteiger partial charge < -0.3 is 9.84 Å². The Labute approximate surface area is 258 Å². The van der Waals surface area contributed by atoms with Crippen molar-refractivity contribution in [2.24, 2.45) is 10.2 Å². The van der Waals surface area contributed by atoms with E-state index in [9.17, 15) is 24.3 Å². The Morgan fingerprint density at radius 2 is 1.43 bits per heavy atom. The van der Waals surface area contributed by atoms with Crippen LogP contribution in [0, 0.1) is 0 Å². The number of carbonyl (C=O) groups is 2. The molecule has 0 radical (unpaired) electrons. The Morgan fingerprint density at radius 3 is 2.07 bits per heavy atom. The molecular formula is C32H34ClN5O6. The first kappa shape index (κ1) is 29.8. The number of ether oxygens (including phenoxy) is 1. The summed E-state index contributed by atoms with van der Waals surface area (Å²) < 4.78 is 8.01. The van der Waals surface area contributed by atoms with Gasteiger partial charge in [-0.25, -0.2) is 4.79 Å². The number of benzene rings is 2. The molecule has 0 spiro atoms. The second-order valence-corrected chi connectivity index (χ2v) is 12.0. The molecule has 0 saturated heterocycles. The van der Waals surface area contributed by atoms with Crippen LogP contribution in [0.1, 0.15) is 103 Å². The maximum absolute atomic E-state index is 13.8. The minimum Gasteiger partial charge on any atom is -0.494 e. The highest BCUT2D eigenvalue weighted by Gasteiger charge is 2.39. The number of nitrogens with zero attached hydrogens (tertiary/aromatic N) is 5. The van der Waals surface area contributed by atoms with Crippen molar-refractivity contribution in [1.29, 1.82) is 0 Å². The van der Waals surface area contributed by atoms with E-state index in [2.05, 4.69) is 10.2 Å². The van der Waals surface area contributed by atoms with Gasteiger partial charge >= 0.3 is 5.69 Å². The molecule has 2 amide bonds. The molecular weight excluding hydrogens is 586 g/mol. The highest BCUT2D eigenvalue weighted by Crippen LogP contribution is 2.41. The van der Waals surface area contributed by atoms with Crippen molar-refractivity contribution in [2.75, 3.05) is 7.11 Å². The number of fused-ring (bicyclic) bond motifs is 1. The summed E-state index contributed by atoms with van der Waals surface area (Å²) in [4.78, 5) is 55.7. The van der Waals surface area contributed by atoms with Gasteiger partial charge in [0.1, 0.15) is 11.4 Å². The lowest BCUT2D eigenvalue weighted by Crippen LogP contribution is -2.43. The van der Waals surface area contributed by atoms with Gasteiger partial charge in [0.2, 0.25) is 11.6 Å². The number of amides is 2. The summed E-state index contributed by atoms with van der Waals surface area (Å²) in [7, 11) is 1.39. The molecule has 2 saturated carbocycles. The smallest absolute Gasteiger partial charge is 0.334 e. The van der Waals surface area contributed by atoms with Crippen LogP contribution in [0.25, 0.3) is 0 Å². The van der Waals surface area contributed by atoms with E-state index in [1.54, 1.807) is 24.3 Å². The minimum absolute atomic E-state index is 0.0298. The van der Waals surface area contributed by atoms with Crippen LogP contribution in [0.15, 0.2) is 56.2 Å². The SMILES string of the molecule is COc1ccc2c(c1N=Nc1c(O)n(C3CCCCC3)c(=O)n(C3CCCCC3)c1=O)C(=O)N(Cc1ccccc1Cl)C2=O. The molecule has 1 aliphatic heterocycles. The molecule has 0 unspecified atom stereocenters. The van der Waals surface area contributed by atoms with Gasteiger partial charge in [-0.3, -0.25) is 28.4 Å². The van der Waals surface area contributed by atoms with E-state index in [1.807, 2.05) is 0 Å². The molecule has 44 heavy (non-hydrogen) atoms. The number of rotatable bonds is 7. The summed E-state index contributed by atoms with van der Waals surface area (Å²) in [5.74, 6) is -1.54. The molecule has 2 fully saturated rings. The molecule has 1 aromatic heterocycles. The van der Waals surface area contributed by atoms with Crippen molar-refractivity contribution >= 4 is 34.8 Å². The third-order valence-electron chi connectivity index (χ3n) is 8.98. The van der Waals surface area contributed by atoms with Gasteiger partial charge in [0.25, 0.3) is 17.4 Å². The average molecular weight is 620 g/mol. The number of hydrogen-bond donors (Lipinski definition) is 1. The van der Waals surface area contributed by atoms with E-state index in [0.717, 1.165) is 43.4 Å². The zero-order valence-electron chi connectivity index (χ0n) is 24.5. The predicted octanol–water partition coefficient (Wildman–Crippen LogP) is 6.60. The lowest BCUT2D eigenvalue weighted by atomic mass is 9.94. The molecule has 12 heteroatoms. The van der Waals surface area contributed by atoms with Crippen molar-refractivity contribution in [3.05, 3.63) is 78.9 Å². The molecule has 0 bridgehead atoms. The molecule has 230 valence electrons. The molecule has 3 aliphatic rings. The van der Waals surface area contributed by atoms with E-state index >= 15 is 0 Å². The molecule has 11 nitrogen and oxygen atoms in total. The van der Waals surface area contributed by atoms with Crippen molar-refractivity contribution in [1.82, 2.24) is 14.0 Å². The van der Waals surface area contributed by atoms with Crippen LogP contribution < -0.4 is 16.0 Å². The number of hydrogen-bond acceptors (Lipinski definition) is 8. The van der Waals surface area contributed by atoms with Crippen LogP contribution in [0.2, 0.25) is 5.02 Å². The Kier molecular flexibility index (Phi) is 8.40. The van der Waals surface area contributed by atoms with Crippen LogP contribution >= 0.6 is 11.6 Å². The van der Waals surface area contributed by atoms with Gasteiger partial charge in [-0.1, -0.05) is 68.3 Å². The van der Waals surface area contributed by atoms with Gasteiger partial charge in [0.15, 0.2) is 0 Å². The number of azo groups is 1. The van der Waals surface area contributed by atoms with Crippen LogP contribution in [0.4, 0.5) is 11.4 Å². The van der Waals surface area contributed by atoms with E-state index in [-0.39, 0.29) is 46.9 Å². The van der Waals surface area contributed by atoms with Crippen LogP contribution in [0.3, 0.4) is 0 Å². The zero-order valence-corrected chi connectivity index (χ0v) is 25.3. The van der Waals surface area contributed by atoms with Gasteiger partial charge in [-0.05, 0) is 49.4 Å². The predicted molar refractivity (Wildman–Crippen MR) is 164 cm³/mol. The second-order valence-electron chi connectivity index (χ2n) is 11.6. The third kappa shape index (κ3) is 5.23. The quantitative estimate of drug-likeness (QED) is 0.234. The lowest BCUT2D eigenvalue weighted by Gasteiger charge is -2.28. The summed E-state index contributed by atoms with van der Waals surface area (Å²) in [6, 6.07) is 9.34. The Morgan fingerprint density at radius 1 is 0.818 bits per heavy atom. The zero-order chi connectivity index (χ0) is 31.0. The highest BCUT2D eigenvalue weighted by molar-refractivity contribution is 6.31. The van der Waals surface area contributed by atoms with E-state index in [0.29, 0.717) is 36.3 Å². The molecule has 2 heterocycles. The fourth-order valence-corrected chi connectivity index (χ4v) is 6.87. The summed E-state index contributed by atoms with van der Waals surface area (Å²) >= 11 is 6.30. The number of methoxy groups -OCH3 is 1. The minimum atomic E-state index is -0.732. The normalized spacial score (nSPS) is 17.9.